The highest BCUT2D eigenvalue weighted by atomic mass is 35.5. The van der Waals surface area contributed by atoms with Crippen LogP contribution in [0.25, 0.3) is 10.1 Å². The first-order valence-corrected chi connectivity index (χ1v) is 5.05. The first kappa shape index (κ1) is 9.86. The Balaban J connectivity index is 2.63. The van der Waals surface area contributed by atoms with Crippen LogP contribution in [0.15, 0.2) is 24.3 Å². The van der Waals surface area contributed by atoms with E-state index in [1.54, 1.807) is 18.2 Å². The van der Waals surface area contributed by atoms with Gasteiger partial charge in [-0.25, -0.2) is 0 Å². The highest BCUT2D eigenvalue weighted by Gasteiger charge is 2.27. The molecule has 0 saturated heterocycles. The van der Waals surface area contributed by atoms with E-state index in [0.717, 1.165) is 17.4 Å². The number of hydrogen-bond donors (Lipinski definition) is 0. The van der Waals surface area contributed by atoms with Crippen molar-refractivity contribution in [1.29, 1.82) is 0 Å². The van der Waals surface area contributed by atoms with Gasteiger partial charge in [0.2, 0.25) is 0 Å². The number of benzene rings is 1. The zero-order valence-electron chi connectivity index (χ0n) is 6.81. The average Bonchev–Trinajstić information content (AvgIpc) is 2.45. The van der Waals surface area contributed by atoms with E-state index in [4.69, 9.17) is 11.6 Å². The van der Waals surface area contributed by atoms with Crippen molar-refractivity contribution in [1.82, 2.24) is 0 Å². The maximum atomic E-state index is 12.4. The van der Waals surface area contributed by atoms with Gasteiger partial charge in [-0.05, 0) is 23.6 Å². The Kier molecular flexibility index (Phi) is 2.23. The second-order valence-corrected chi connectivity index (χ2v) is 4.46. The normalized spacial score (nSPS) is 12.3. The molecule has 0 unspecified atom stereocenters. The minimum absolute atomic E-state index is 0.455. The molecule has 0 fully saturated rings. The van der Waals surface area contributed by atoms with Gasteiger partial charge in [0.25, 0.3) is 0 Å². The van der Waals surface area contributed by atoms with Gasteiger partial charge in [-0.15, -0.1) is 0 Å². The molecule has 0 atom stereocenters. The van der Waals surface area contributed by atoms with E-state index in [1.807, 2.05) is 0 Å². The van der Waals surface area contributed by atoms with Gasteiger partial charge in [0.15, 0.2) is 0 Å². The molecule has 1 aromatic carbocycles. The van der Waals surface area contributed by atoms with Crippen molar-refractivity contribution >= 4 is 44.8 Å². The van der Waals surface area contributed by atoms with Gasteiger partial charge in [-0.2, -0.15) is 11.3 Å². The quantitative estimate of drug-likeness (QED) is 0.662. The van der Waals surface area contributed by atoms with Crippen LogP contribution in [0.4, 0.5) is 12.9 Å². The van der Waals surface area contributed by atoms with Gasteiger partial charge in [-0.1, -0.05) is 22.4 Å². The van der Waals surface area contributed by atoms with Crippen LogP contribution in [0.2, 0.25) is 5.02 Å². The number of hydrogen-bond acceptors (Lipinski definition) is 1. The molecule has 1 heterocycles. The predicted molar refractivity (Wildman–Crippen MR) is 55.5 cm³/mol. The Labute approximate surface area is 87.4 Å². The lowest BCUT2D eigenvalue weighted by atomic mass is 9.89. The summed E-state index contributed by atoms with van der Waals surface area (Å²) < 4.78 is 37.2. The molecule has 0 saturated carbocycles. The zero-order valence-corrected chi connectivity index (χ0v) is 8.38. The molecule has 6 heteroatoms. The molecule has 0 N–H and O–H groups in total. The molecule has 0 radical (unpaired) electrons. The monoisotopic (exact) mass is 235 g/mol. The molecule has 74 valence electrons. The lowest BCUT2D eigenvalue weighted by molar-refractivity contribution is 0.503. The summed E-state index contributed by atoms with van der Waals surface area (Å²) in [5.41, 5.74) is 0. The zero-order chi connectivity index (χ0) is 10.3. The van der Waals surface area contributed by atoms with Gasteiger partial charge >= 0.3 is 6.98 Å². The fraction of sp³-hybridized carbons (Fsp3) is 0. The van der Waals surface area contributed by atoms with Crippen molar-refractivity contribution in [2.45, 2.75) is 0 Å². The maximum absolute atomic E-state index is 12.4. The van der Waals surface area contributed by atoms with E-state index in [2.05, 4.69) is 0 Å². The molecule has 0 spiro atoms. The van der Waals surface area contributed by atoms with E-state index < -0.39 is 11.8 Å². The first-order chi connectivity index (χ1) is 6.47. The van der Waals surface area contributed by atoms with Crippen LogP contribution in [0.1, 0.15) is 0 Å². The SMILES string of the molecule is F[B-](F)(F)c1cc2cc(Cl)ccc2s1. The minimum Gasteiger partial charge on any atom is -0.444 e. The summed E-state index contributed by atoms with van der Waals surface area (Å²) in [5.74, 6) is 0. The fourth-order valence-corrected chi connectivity index (χ4v) is 2.32. The third kappa shape index (κ3) is 1.74. The lowest BCUT2D eigenvalue weighted by Crippen LogP contribution is -2.30. The summed E-state index contributed by atoms with van der Waals surface area (Å²) in [6.07, 6.45) is 0. The van der Waals surface area contributed by atoms with Crippen LogP contribution in [0.3, 0.4) is 0 Å². The summed E-state index contributed by atoms with van der Waals surface area (Å²) >= 11 is 6.43. The number of thiophene rings is 1. The molecule has 2 rings (SSSR count). The van der Waals surface area contributed by atoms with Gasteiger partial charge in [0.1, 0.15) is 0 Å². The van der Waals surface area contributed by atoms with Crippen LogP contribution < -0.4 is 4.78 Å². The summed E-state index contributed by atoms with van der Waals surface area (Å²) in [5, 5.41) is 1.01. The summed E-state index contributed by atoms with van der Waals surface area (Å²) in [6.45, 7) is -4.89. The molecule has 0 aliphatic carbocycles. The minimum atomic E-state index is -4.89. The van der Waals surface area contributed by atoms with E-state index in [1.165, 1.54) is 0 Å². The van der Waals surface area contributed by atoms with Crippen LogP contribution in [0.5, 0.6) is 0 Å². The van der Waals surface area contributed by atoms with E-state index in [-0.39, 0.29) is 0 Å². The highest BCUT2D eigenvalue weighted by Crippen LogP contribution is 2.26. The Hall–Kier alpha value is -0.675. The fourth-order valence-electron chi connectivity index (χ4n) is 1.20. The molecule has 2 aromatic rings. The van der Waals surface area contributed by atoms with Crippen molar-refractivity contribution in [3.8, 4) is 0 Å². The van der Waals surface area contributed by atoms with Crippen LogP contribution in [-0.4, -0.2) is 6.98 Å². The van der Waals surface area contributed by atoms with Gasteiger partial charge in [0.05, 0.1) is 0 Å². The van der Waals surface area contributed by atoms with Crippen molar-refractivity contribution in [3.63, 3.8) is 0 Å². The standard InChI is InChI=1S/C8H4BClF3S/c10-6-1-2-7-5(3-6)4-8(14-7)9(11,12)13/h1-4H/q-1. The number of halogens is 4. The predicted octanol–water partition coefficient (Wildman–Crippen LogP) is 3.61. The number of fused-ring (bicyclic) bond motifs is 1. The molecule has 0 aliphatic heterocycles. The Bertz CT molecular complexity index is 477. The molecule has 14 heavy (non-hydrogen) atoms. The second-order valence-electron chi connectivity index (χ2n) is 2.91. The molecule has 0 amide bonds. The summed E-state index contributed by atoms with van der Waals surface area (Å²) in [4.78, 5) is 0. The van der Waals surface area contributed by atoms with Crippen molar-refractivity contribution in [2.75, 3.05) is 0 Å². The highest BCUT2D eigenvalue weighted by molar-refractivity contribution is 7.29. The number of rotatable bonds is 1. The lowest BCUT2D eigenvalue weighted by Gasteiger charge is -2.09. The molecule has 0 aliphatic rings. The summed E-state index contributed by atoms with van der Waals surface area (Å²) in [7, 11) is 0. The van der Waals surface area contributed by atoms with Gasteiger partial charge < -0.3 is 12.9 Å². The van der Waals surface area contributed by atoms with Gasteiger partial charge in [0, 0.05) is 9.72 Å². The third-order valence-corrected chi connectivity index (χ3v) is 3.27. The Morgan fingerprint density at radius 1 is 1.14 bits per heavy atom. The topological polar surface area (TPSA) is 0 Å². The molecular formula is C8H4BClF3S-. The van der Waals surface area contributed by atoms with Gasteiger partial charge in [-0.3, -0.25) is 0 Å². The van der Waals surface area contributed by atoms with Crippen molar-refractivity contribution in [3.05, 3.63) is 29.3 Å². The van der Waals surface area contributed by atoms with Crippen LogP contribution in [-0.2, 0) is 0 Å². The van der Waals surface area contributed by atoms with Crippen molar-refractivity contribution in [2.24, 2.45) is 0 Å². The van der Waals surface area contributed by atoms with E-state index >= 15 is 0 Å². The molecule has 1 aromatic heterocycles. The van der Waals surface area contributed by atoms with Crippen LogP contribution in [0, 0.1) is 0 Å². The average molecular weight is 235 g/mol. The largest absolute Gasteiger partial charge is 0.519 e. The van der Waals surface area contributed by atoms with Crippen molar-refractivity contribution < 1.29 is 12.9 Å². The maximum Gasteiger partial charge on any atom is 0.519 e. The second kappa shape index (κ2) is 3.17. The Morgan fingerprint density at radius 3 is 2.50 bits per heavy atom. The molecule has 0 bridgehead atoms. The van der Waals surface area contributed by atoms with E-state index in [9.17, 15) is 12.9 Å². The molecular weight excluding hydrogens is 231 g/mol. The first-order valence-electron chi connectivity index (χ1n) is 3.86. The summed E-state index contributed by atoms with van der Waals surface area (Å²) in [6, 6.07) is 5.88. The Morgan fingerprint density at radius 2 is 1.86 bits per heavy atom. The van der Waals surface area contributed by atoms with Crippen LogP contribution >= 0.6 is 22.9 Å². The van der Waals surface area contributed by atoms with E-state index in [0.29, 0.717) is 15.1 Å². The smallest absolute Gasteiger partial charge is 0.444 e. The third-order valence-electron chi connectivity index (χ3n) is 1.82. The molecule has 0 nitrogen and oxygen atoms in total.